The Labute approximate surface area is 130 Å². The molecule has 1 N–H and O–H groups in total. The number of rotatable bonds is 5. The molecule has 0 atom stereocenters. The molecule has 2 aromatic rings. The van der Waals surface area contributed by atoms with Gasteiger partial charge in [-0.2, -0.15) is 0 Å². The molecule has 0 spiro atoms. The zero-order valence-electron chi connectivity index (χ0n) is 12.8. The van der Waals surface area contributed by atoms with E-state index in [0.29, 0.717) is 6.61 Å². The Morgan fingerprint density at radius 2 is 2.19 bits per heavy atom. The molecular weight excluding hydrogens is 282 g/mol. The van der Waals surface area contributed by atoms with E-state index in [4.69, 9.17) is 4.74 Å². The second-order valence-corrected chi connectivity index (χ2v) is 6.74. The van der Waals surface area contributed by atoms with Gasteiger partial charge in [-0.15, -0.1) is 0 Å². The lowest BCUT2D eigenvalue weighted by atomic mass is 9.97. The lowest BCUT2D eigenvalue weighted by Gasteiger charge is -2.28. The smallest absolute Gasteiger partial charge is 0.183 e. The van der Waals surface area contributed by atoms with Crippen LogP contribution >= 0.6 is 11.3 Å². The number of ether oxygens (including phenoxy) is 1. The number of thiazole rings is 1. The first kappa shape index (κ1) is 14.6. The molecule has 1 saturated heterocycles. The molecule has 0 radical (unpaired) electrons. The lowest BCUT2D eigenvalue weighted by molar-refractivity contribution is 0.226. The molecule has 0 aliphatic carbocycles. The first-order chi connectivity index (χ1) is 10.2. The number of hydrogen-bond acceptors (Lipinski definition) is 5. The summed E-state index contributed by atoms with van der Waals surface area (Å²) >= 11 is 1.71. The number of likely N-dealkylation sites (tertiary alicyclic amines) is 1. The molecule has 1 aliphatic heterocycles. The quantitative estimate of drug-likeness (QED) is 0.918. The van der Waals surface area contributed by atoms with Crippen LogP contribution < -0.4 is 10.1 Å². The van der Waals surface area contributed by atoms with Gasteiger partial charge in [-0.05, 0) is 64.0 Å². The third-order valence-corrected chi connectivity index (χ3v) is 5.03. The summed E-state index contributed by atoms with van der Waals surface area (Å²) in [5.74, 6) is 1.70. The summed E-state index contributed by atoms with van der Waals surface area (Å²) in [6.07, 6.45) is 2.56. The highest BCUT2D eigenvalue weighted by molar-refractivity contribution is 7.22. The Morgan fingerprint density at radius 1 is 1.38 bits per heavy atom. The molecule has 2 heterocycles. The van der Waals surface area contributed by atoms with E-state index < -0.39 is 0 Å². The molecule has 5 heteroatoms. The van der Waals surface area contributed by atoms with Crippen molar-refractivity contribution in [3.63, 3.8) is 0 Å². The standard InChI is InChI=1S/C16H23N3OS/c1-3-20-13-4-5-14-15(10-13)21-16(18-14)17-11-12-6-8-19(2)9-7-12/h4-5,10,12H,3,6-9,11H2,1-2H3,(H,17,18). The summed E-state index contributed by atoms with van der Waals surface area (Å²) in [5, 5.41) is 4.54. The average Bonchev–Trinajstić information content (AvgIpc) is 2.89. The Balaban J connectivity index is 1.61. The fourth-order valence-corrected chi connectivity index (χ4v) is 3.64. The van der Waals surface area contributed by atoms with Crippen LogP contribution in [0.1, 0.15) is 19.8 Å². The number of aromatic nitrogens is 1. The molecule has 21 heavy (non-hydrogen) atoms. The van der Waals surface area contributed by atoms with Gasteiger partial charge >= 0.3 is 0 Å². The second-order valence-electron chi connectivity index (χ2n) is 5.71. The van der Waals surface area contributed by atoms with Gasteiger partial charge in [0.25, 0.3) is 0 Å². The van der Waals surface area contributed by atoms with Gasteiger partial charge in [-0.1, -0.05) is 11.3 Å². The zero-order chi connectivity index (χ0) is 14.7. The minimum Gasteiger partial charge on any atom is -0.494 e. The van der Waals surface area contributed by atoms with Gasteiger partial charge in [0.1, 0.15) is 5.75 Å². The van der Waals surface area contributed by atoms with Gasteiger partial charge in [0.15, 0.2) is 5.13 Å². The lowest BCUT2D eigenvalue weighted by Crippen LogP contribution is -2.32. The molecule has 1 aliphatic rings. The number of nitrogens with one attached hydrogen (secondary N) is 1. The molecule has 114 valence electrons. The van der Waals surface area contributed by atoms with Crippen molar-refractivity contribution in [2.75, 3.05) is 38.6 Å². The fourth-order valence-electron chi connectivity index (χ4n) is 2.73. The molecule has 1 aromatic heterocycles. The largest absolute Gasteiger partial charge is 0.494 e. The van der Waals surface area contributed by atoms with Gasteiger partial charge in [0.2, 0.25) is 0 Å². The monoisotopic (exact) mass is 305 g/mol. The predicted molar refractivity (Wildman–Crippen MR) is 89.5 cm³/mol. The maximum atomic E-state index is 5.54. The number of fused-ring (bicyclic) bond motifs is 1. The summed E-state index contributed by atoms with van der Waals surface area (Å²) in [5.41, 5.74) is 1.05. The van der Waals surface area contributed by atoms with E-state index in [1.54, 1.807) is 11.3 Å². The third-order valence-electron chi connectivity index (χ3n) is 4.05. The molecule has 0 bridgehead atoms. The highest BCUT2D eigenvalue weighted by Crippen LogP contribution is 2.29. The summed E-state index contributed by atoms with van der Waals surface area (Å²) in [6, 6.07) is 6.11. The van der Waals surface area contributed by atoms with E-state index >= 15 is 0 Å². The molecular formula is C16H23N3OS. The first-order valence-corrected chi connectivity index (χ1v) is 8.52. The molecule has 0 saturated carbocycles. The van der Waals surface area contributed by atoms with Crippen LogP contribution in [0.25, 0.3) is 10.2 Å². The Hall–Kier alpha value is -1.33. The highest BCUT2D eigenvalue weighted by atomic mass is 32.1. The van der Waals surface area contributed by atoms with Gasteiger partial charge in [0, 0.05) is 6.54 Å². The van der Waals surface area contributed by atoms with E-state index in [9.17, 15) is 0 Å². The average molecular weight is 305 g/mol. The Kier molecular flexibility index (Phi) is 4.60. The van der Waals surface area contributed by atoms with Crippen LogP contribution in [0.4, 0.5) is 5.13 Å². The van der Waals surface area contributed by atoms with Crippen LogP contribution in [0.3, 0.4) is 0 Å². The predicted octanol–water partition coefficient (Wildman–Crippen LogP) is 3.45. The van der Waals surface area contributed by atoms with Crippen molar-refractivity contribution in [1.82, 2.24) is 9.88 Å². The van der Waals surface area contributed by atoms with Crippen molar-refractivity contribution >= 4 is 26.7 Å². The fraction of sp³-hybridized carbons (Fsp3) is 0.562. The van der Waals surface area contributed by atoms with Crippen molar-refractivity contribution in [2.24, 2.45) is 5.92 Å². The van der Waals surface area contributed by atoms with E-state index in [0.717, 1.165) is 28.9 Å². The van der Waals surface area contributed by atoms with Crippen molar-refractivity contribution < 1.29 is 4.74 Å². The van der Waals surface area contributed by atoms with E-state index in [1.807, 2.05) is 19.1 Å². The van der Waals surface area contributed by atoms with Crippen LogP contribution in [0.2, 0.25) is 0 Å². The normalized spacial score (nSPS) is 17.2. The summed E-state index contributed by atoms with van der Waals surface area (Å²) in [6.45, 7) is 6.16. The minimum atomic E-state index is 0.700. The maximum absolute atomic E-state index is 5.54. The highest BCUT2D eigenvalue weighted by Gasteiger charge is 2.16. The van der Waals surface area contributed by atoms with Crippen molar-refractivity contribution in [3.05, 3.63) is 18.2 Å². The van der Waals surface area contributed by atoms with Crippen molar-refractivity contribution in [1.29, 1.82) is 0 Å². The molecule has 0 unspecified atom stereocenters. The summed E-state index contributed by atoms with van der Waals surface area (Å²) < 4.78 is 6.73. The number of hydrogen-bond donors (Lipinski definition) is 1. The van der Waals surface area contributed by atoms with E-state index in [1.165, 1.54) is 30.6 Å². The van der Waals surface area contributed by atoms with Crippen LogP contribution in [0.5, 0.6) is 5.75 Å². The molecule has 4 nitrogen and oxygen atoms in total. The Morgan fingerprint density at radius 3 is 2.95 bits per heavy atom. The minimum absolute atomic E-state index is 0.700. The molecule has 0 amide bonds. The van der Waals surface area contributed by atoms with Gasteiger partial charge in [-0.25, -0.2) is 4.98 Å². The van der Waals surface area contributed by atoms with Gasteiger partial charge < -0.3 is 15.0 Å². The SMILES string of the molecule is CCOc1ccc2nc(NCC3CCN(C)CC3)sc2c1. The zero-order valence-corrected chi connectivity index (χ0v) is 13.6. The molecule has 3 rings (SSSR count). The van der Waals surface area contributed by atoms with Crippen molar-refractivity contribution in [2.45, 2.75) is 19.8 Å². The topological polar surface area (TPSA) is 37.4 Å². The maximum Gasteiger partial charge on any atom is 0.183 e. The summed E-state index contributed by atoms with van der Waals surface area (Å²) in [7, 11) is 2.20. The van der Waals surface area contributed by atoms with E-state index in [2.05, 4.69) is 28.3 Å². The van der Waals surface area contributed by atoms with Crippen LogP contribution in [0, 0.1) is 5.92 Å². The van der Waals surface area contributed by atoms with Gasteiger partial charge in [0.05, 0.1) is 16.8 Å². The first-order valence-electron chi connectivity index (χ1n) is 7.70. The van der Waals surface area contributed by atoms with E-state index in [-0.39, 0.29) is 0 Å². The Bertz CT molecular complexity index is 590. The number of piperidine rings is 1. The number of nitrogens with zero attached hydrogens (tertiary/aromatic N) is 2. The van der Waals surface area contributed by atoms with Crippen LogP contribution in [0.15, 0.2) is 18.2 Å². The van der Waals surface area contributed by atoms with Crippen LogP contribution in [-0.2, 0) is 0 Å². The molecule has 1 aromatic carbocycles. The van der Waals surface area contributed by atoms with Crippen LogP contribution in [-0.4, -0.2) is 43.2 Å². The number of anilines is 1. The van der Waals surface area contributed by atoms with Crippen molar-refractivity contribution in [3.8, 4) is 5.75 Å². The van der Waals surface area contributed by atoms with Gasteiger partial charge in [-0.3, -0.25) is 0 Å². The number of benzene rings is 1. The second kappa shape index (κ2) is 6.62. The third kappa shape index (κ3) is 3.66. The summed E-state index contributed by atoms with van der Waals surface area (Å²) in [4.78, 5) is 7.06. The molecule has 1 fully saturated rings.